The standard InChI is InChI=1S/C22H19F3N4O6S.C18H16/c23-22(24,25)35-17-13-15(20(30)28-9-11-29(12-10-28)21(31)32)6-7-16(17)27-36(33,34)18-5-1-3-14-4-2-8-26-19(14)18;1-3-7-15-13(5-1)9-11-18-16-8-4-2-6-14(16)10-12-17(15)18/h1-8,13,27H,9-12H2,(H,31,32);1,3,5,7,9-12H,2,4,6,8H2. The smallest absolute Gasteiger partial charge is 0.465 e. The maximum Gasteiger partial charge on any atom is 0.573 e. The Morgan fingerprint density at radius 3 is 2.24 bits per heavy atom. The van der Waals surface area contributed by atoms with Gasteiger partial charge in [-0.25, -0.2) is 13.2 Å². The van der Waals surface area contributed by atoms with Crippen LogP contribution in [0.3, 0.4) is 0 Å². The Balaban J connectivity index is 0.000000206. The van der Waals surface area contributed by atoms with Crippen molar-refractivity contribution in [1.29, 1.82) is 0 Å². The number of carboxylic acid groups (broad SMARTS) is 1. The van der Waals surface area contributed by atoms with Crippen molar-refractivity contribution < 1.29 is 41.0 Å². The van der Waals surface area contributed by atoms with Crippen LogP contribution in [-0.2, 0) is 22.9 Å². The molecule has 1 fully saturated rings. The van der Waals surface area contributed by atoms with E-state index < -0.39 is 39.8 Å². The van der Waals surface area contributed by atoms with E-state index in [1.165, 1.54) is 70.5 Å². The molecule has 0 unspecified atom stereocenters. The number of pyridine rings is 1. The maximum absolute atomic E-state index is 13.1. The second-order valence-corrected chi connectivity index (χ2v) is 14.7. The summed E-state index contributed by atoms with van der Waals surface area (Å²) in [7, 11) is -4.40. The quantitative estimate of drug-likeness (QED) is 0.170. The van der Waals surface area contributed by atoms with Crippen LogP contribution in [0.15, 0.2) is 108 Å². The van der Waals surface area contributed by atoms with Crippen molar-refractivity contribution in [2.24, 2.45) is 0 Å². The third-order valence-corrected chi connectivity index (χ3v) is 11.1. The molecule has 6 aromatic rings. The summed E-state index contributed by atoms with van der Waals surface area (Å²) in [6.07, 6.45) is 0.293. The summed E-state index contributed by atoms with van der Waals surface area (Å²) in [6, 6.07) is 28.5. The zero-order chi connectivity index (χ0) is 38.0. The van der Waals surface area contributed by atoms with Crippen molar-refractivity contribution in [3.8, 4) is 5.75 Å². The SMILES string of the molecule is O=C(O)N1CCN(C(=O)c2ccc(NS(=O)(=O)c3cccc4cccnc34)c(OC(F)(F)F)c2)CC1.c1ccc2c(c1)ccc1c3c(ccc12)CCCC3. The Morgan fingerprint density at radius 1 is 0.759 bits per heavy atom. The minimum atomic E-state index is -5.17. The molecule has 54 heavy (non-hydrogen) atoms. The number of nitrogens with one attached hydrogen (secondary N) is 1. The first-order valence-corrected chi connectivity index (χ1v) is 18.8. The van der Waals surface area contributed by atoms with Gasteiger partial charge in [-0.15, -0.1) is 13.2 Å². The molecule has 2 aliphatic rings. The lowest BCUT2D eigenvalue weighted by molar-refractivity contribution is -0.274. The molecule has 14 heteroatoms. The number of hydrogen-bond donors (Lipinski definition) is 2. The van der Waals surface area contributed by atoms with Gasteiger partial charge in [0, 0.05) is 43.3 Å². The fraction of sp³-hybridized carbons (Fsp3) is 0.225. The predicted octanol–water partition coefficient (Wildman–Crippen LogP) is 8.24. The molecule has 10 nitrogen and oxygen atoms in total. The van der Waals surface area contributed by atoms with E-state index in [-0.39, 0.29) is 42.2 Å². The van der Waals surface area contributed by atoms with Crippen LogP contribution in [-0.4, -0.2) is 72.8 Å². The Labute approximate surface area is 308 Å². The molecular formula is C40H35F3N4O6S. The number of carbonyl (C=O) groups is 2. The van der Waals surface area contributed by atoms with Crippen LogP contribution in [0.2, 0.25) is 0 Å². The first-order valence-electron chi connectivity index (χ1n) is 17.3. The van der Waals surface area contributed by atoms with Crippen LogP contribution >= 0.6 is 0 Å². The number of benzene rings is 5. The van der Waals surface area contributed by atoms with E-state index in [1.807, 2.05) is 0 Å². The van der Waals surface area contributed by atoms with Crippen LogP contribution in [0.4, 0.5) is 23.7 Å². The maximum atomic E-state index is 13.1. The van der Waals surface area contributed by atoms with Crippen LogP contribution in [0, 0.1) is 0 Å². The lowest BCUT2D eigenvalue weighted by Crippen LogP contribution is -2.50. The average molecular weight is 757 g/mol. The monoisotopic (exact) mass is 756 g/mol. The van der Waals surface area contributed by atoms with Gasteiger partial charge in [0.25, 0.3) is 15.9 Å². The van der Waals surface area contributed by atoms with E-state index in [4.69, 9.17) is 5.11 Å². The van der Waals surface area contributed by atoms with Crippen LogP contribution < -0.4 is 9.46 Å². The average Bonchev–Trinajstić information content (AvgIpc) is 3.17. The number of halogens is 3. The van der Waals surface area contributed by atoms with Crippen molar-refractivity contribution in [2.75, 3.05) is 30.9 Å². The van der Waals surface area contributed by atoms with Crippen LogP contribution in [0.1, 0.15) is 34.3 Å². The number of anilines is 1. The number of hydrogen-bond acceptors (Lipinski definition) is 6. The number of aromatic nitrogens is 1. The van der Waals surface area contributed by atoms with Gasteiger partial charge in [0.2, 0.25) is 0 Å². The lowest BCUT2D eigenvalue weighted by Gasteiger charge is -2.33. The summed E-state index contributed by atoms with van der Waals surface area (Å²) < 4.78 is 71.6. The molecule has 8 rings (SSSR count). The minimum absolute atomic E-state index is 0.0447. The highest BCUT2D eigenvalue weighted by Crippen LogP contribution is 2.35. The fourth-order valence-corrected chi connectivity index (χ4v) is 8.32. The first kappa shape index (κ1) is 36.5. The minimum Gasteiger partial charge on any atom is -0.465 e. The third-order valence-electron chi connectivity index (χ3n) is 9.68. The van der Waals surface area contributed by atoms with Gasteiger partial charge in [-0.3, -0.25) is 14.5 Å². The summed E-state index contributed by atoms with van der Waals surface area (Å²) in [5.74, 6) is -1.57. The molecule has 1 aliphatic heterocycles. The second kappa shape index (κ2) is 14.9. The molecule has 0 bridgehead atoms. The van der Waals surface area contributed by atoms with Gasteiger partial charge in [-0.1, -0.05) is 66.7 Å². The molecule has 0 spiro atoms. The fourth-order valence-electron chi connectivity index (χ4n) is 7.07. The third kappa shape index (κ3) is 7.74. The van der Waals surface area contributed by atoms with Gasteiger partial charge in [0.05, 0.1) is 11.2 Å². The highest BCUT2D eigenvalue weighted by Gasteiger charge is 2.34. The number of rotatable bonds is 5. The number of para-hydroxylation sites is 1. The summed E-state index contributed by atoms with van der Waals surface area (Å²) in [4.78, 5) is 30.1. The van der Waals surface area contributed by atoms with Gasteiger partial charge in [-0.2, -0.15) is 0 Å². The summed E-state index contributed by atoms with van der Waals surface area (Å²) in [5.41, 5.74) is 2.58. The topological polar surface area (TPSA) is 129 Å². The van der Waals surface area contributed by atoms with Crippen LogP contribution in [0.5, 0.6) is 5.75 Å². The molecule has 2 N–H and O–H groups in total. The molecule has 5 aromatic carbocycles. The van der Waals surface area contributed by atoms with E-state index in [9.17, 15) is 31.2 Å². The number of sulfonamides is 1. The van der Waals surface area contributed by atoms with Crippen LogP contribution in [0.25, 0.3) is 32.4 Å². The summed E-state index contributed by atoms with van der Waals surface area (Å²) in [5, 5.41) is 15.2. The molecule has 0 saturated carbocycles. The highest BCUT2D eigenvalue weighted by molar-refractivity contribution is 7.93. The molecular weight excluding hydrogens is 722 g/mol. The van der Waals surface area contributed by atoms with E-state index in [0.29, 0.717) is 5.39 Å². The predicted molar refractivity (Wildman–Crippen MR) is 199 cm³/mol. The van der Waals surface area contributed by atoms with Crippen molar-refractivity contribution in [3.05, 3.63) is 120 Å². The Bertz CT molecular complexity index is 2500. The van der Waals surface area contributed by atoms with Gasteiger partial charge < -0.3 is 19.6 Å². The lowest BCUT2D eigenvalue weighted by atomic mass is 9.86. The van der Waals surface area contributed by atoms with Crippen molar-refractivity contribution in [2.45, 2.75) is 36.9 Å². The van der Waals surface area contributed by atoms with Crippen molar-refractivity contribution >= 4 is 60.2 Å². The molecule has 1 aromatic heterocycles. The van der Waals surface area contributed by atoms with E-state index in [2.05, 4.69) is 63.0 Å². The van der Waals surface area contributed by atoms with Gasteiger partial charge in [-0.05, 0) is 88.7 Å². The number of alkyl halides is 3. The number of piperazine rings is 1. The largest absolute Gasteiger partial charge is 0.573 e. The Morgan fingerprint density at radius 2 is 1.46 bits per heavy atom. The van der Waals surface area contributed by atoms with Gasteiger partial charge >= 0.3 is 12.5 Å². The molecule has 1 saturated heterocycles. The van der Waals surface area contributed by atoms with Gasteiger partial charge in [0.15, 0.2) is 5.75 Å². The Kier molecular flexibility index (Phi) is 10.0. The number of amides is 2. The van der Waals surface area contributed by atoms with E-state index in [1.54, 1.807) is 29.3 Å². The summed E-state index contributed by atoms with van der Waals surface area (Å²) in [6.45, 7) is 0.181. The number of carbonyl (C=O) groups excluding carboxylic acids is 1. The highest BCUT2D eigenvalue weighted by atomic mass is 32.2. The number of nitrogens with zero attached hydrogens (tertiary/aromatic N) is 3. The van der Waals surface area contributed by atoms with Gasteiger partial charge in [0.1, 0.15) is 4.90 Å². The van der Waals surface area contributed by atoms with E-state index in [0.717, 1.165) is 23.1 Å². The number of aryl methyl sites for hydroxylation is 2. The number of ether oxygens (including phenoxy) is 1. The second-order valence-electron chi connectivity index (χ2n) is 13.0. The zero-order valence-electron chi connectivity index (χ0n) is 28.8. The van der Waals surface area contributed by atoms with E-state index >= 15 is 0 Å². The first-order chi connectivity index (χ1) is 25.9. The zero-order valence-corrected chi connectivity index (χ0v) is 29.7. The molecule has 2 amide bonds. The number of fused-ring (bicyclic) bond motifs is 6. The molecule has 0 radical (unpaired) electrons. The van der Waals surface area contributed by atoms with Crippen molar-refractivity contribution in [1.82, 2.24) is 14.8 Å². The molecule has 1 aliphatic carbocycles. The van der Waals surface area contributed by atoms with Crippen molar-refractivity contribution in [3.63, 3.8) is 0 Å². The summed E-state index contributed by atoms with van der Waals surface area (Å²) >= 11 is 0. The molecule has 2 heterocycles. The molecule has 0 atom stereocenters. The normalized spacial score (nSPS) is 14.6. The Hall–Kier alpha value is -5.89. The molecule has 278 valence electrons.